The van der Waals surface area contributed by atoms with Crippen LogP contribution >= 0.6 is 23.2 Å². The Morgan fingerprint density at radius 2 is 1.83 bits per heavy atom. The minimum Gasteiger partial charge on any atom is -0.379 e. The van der Waals surface area contributed by atoms with E-state index in [-0.39, 0.29) is 42.6 Å². The first-order valence-corrected chi connectivity index (χ1v) is 10.6. The number of ether oxygens (including phenoxy) is 1. The number of non-ortho nitro benzene ring substituents is 1. The zero-order chi connectivity index (χ0) is 21.0. The maximum Gasteiger partial charge on any atom is 0.270 e. The number of nitrogens with zero attached hydrogens (tertiary/aromatic N) is 3. The largest absolute Gasteiger partial charge is 0.379 e. The van der Waals surface area contributed by atoms with E-state index in [1.54, 1.807) is 18.2 Å². The second kappa shape index (κ2) is 9.06. The van der Waals surface area contributed by atoms with Crippen LogP contribution in [0.5, 0.6) is 0 Å². The van der Waals surface area contributed by atoms with Gasteiger partial charge in [-0.25, -0.2) is 8.42 Å². The second-order valence-electron chi connectivity index (χ2n) is 5.96. The molecule has 1 heterocycles. The van der Waals surface area contributed by atoms with E-state index in [2.05, 4.69) is 10.5 Å². The summed E-state index contributed by atoms with van der Waals surface area (Å²) in [4.78, 5) is 10.2. The number of nitro benzene ring substituents is 1. The molecule has 0 radical (unpaired) electrons. The van der Waals surface area contributed by atoms with E-state index in [0.717, 1.165) is 6.07 Å². The molecule has 2 aromatic rings. The van der Waals surface area contributed by atoms with Crippen molar-refractivity contribution in [2.45, 2.75) is 4.90 Å². The van der Waals surface area contributed by atoms with Crippen LogP contribution in [-0.2, 0) is 14.8 Å². The number of halogens is 2. The summed E-state index contributed by atoms with van der Waals surface area (Å²) in [5.74, 6) is 0. The molecule has 0 unspecified atom stereocenters. The Labute approximate surface area is 177 Å². The van der Waals surface area contributed by atoms with E-state index in [9.17, 15) is 18.5 Å². The molecule has 0 aliphatic carbocycles. The molecule has 0 amide bonds. The zero-order valence-corrected chi connectivity index (χ0v) is 17.2. The minimum atomic E-state index is -4.00. The smallest absolute Gasteiger partial charge is 0.270 e. The molecule has 2 aromatic carbocycles. The minimum absolute atomic E-state index is 0.0847. The summed E-state index contributed by atoms with van der Waals surface area (Å²) in [6.07, 6.45) is 1.34. The quantitative estimate of drug-likeness (QED) is 0.403. The molecule has 1 N–H and O–H groups in total. The van der Waals surface area contributed by atoms with Crippen LogP contribution in [0.1, 0.15) is 5.56 Å². The van der Waals surface area contributed by atoms with Gasteiger partial charge < -0.3 is 4.74 Å². The number of anilines is 1. The van der Waals surface area contributed by atoms with Crippen molar-refractivity contribution in [2.24, 2.45) is 5.10 Å². The highest BCUT2D eigenvalue weighted by Gasteiger charge is 2.30. The molecule has 1 fully saturated rings. The fourth-order valence-corrected chi connectivity index (χ4v) is 4.72. The third-order valence-corrected chi connectivity index (χ3v) is 6.74. The first-order valence-electron chi connectivity index (χ1n) is 8.40. The van der Waals surface area contributed by atoms with Gasteiger partial charge in [0.1, 0.15) is 4.90 Å². The number of hydrogen-bond donors (Lipinski definition) is 1. The van der Waals surface area contributed by atoms with Crippen LogP contribution in [0.25, 0.3) is 0 Å². The van der Waals surface area contributed by atoms with E-state index in [1.165, 1.54) is 22.7 Å². The van der Waals surface area contributed by atoms with E-state index >= 15 is 0 Å². The second-order valence-corrected chi connectivity index (χ2v) is 8.68. The van der Waals surface area contributed by atoms with Crippen molar-refractivity contribution in [3.8, 4) is 0 Å². The standard InChI is InChI=1S/C17H16Cl2N4O5S/c18-14-2-1-3-15(19)13(14)11-20-21-16-5-4-12(23(24)25)10-17(16)29(26,27)22-6-8-28-9-7-22/h1-5,10-11,21H,6-9H2/b20-11+. The van der Waals surface area contributed by atoms with Crippen LogP contribution in [0.3, 0.4) is 0 Å². The van der Waals surface area contributed by atoms with Crippen LogP contribution in [0.2, 0.25) is 10.0 Å². The number of nitrogens with one attached hydrogen (secondary N) is 1. The average molecular weight is 459 g/mol. The Balaban J connectivity index is 1.96. The maximum absolute atomic E-state index is 13.0. The first kappa shape index (κ1) is 21.5. The Hall–Kier alpha value is -2.24. The molecular formula is C17H16Cl2N4O5S. The van der Waals surface area contributed by atoms with E-state index in [4.69, 9.17) is 27.9 Å². The summed E-state index contributed by atoms with van der Waals surface area (Å²) in [6.45, 7) is 0.812. The number of hydrogen-bond acceptors (Lipinski definition) is 7. The molecule has 29 heavy (non-hydrogen) atoms. The highest BCUT2D eigenvalue weighted by atomic mass is 35.5. The summed E-state index contributed by atoms with van der Waals surface area (Å²) in [7, 11) is -4.00. The molecule has 1 aliphatic heterocycles. The molecule has 3 rings (SSSR count). The molecular weight excluding hydrogens is 443 g/mol. The fraction of sp³-hybridized carbons (Fsp3) is 0.235. The van der Waals surface area contributed by atoms with E-state index in [0.29, 0.717) is 15.6 Å². The van der Waals surface area contributed by atoms with Crippen molar-refractivity contribution < 1.29 is 18.1 Å². The molecule has 1 saturated heterocycles. The number of rotatable bonds is 6. The van der Waals surface area contributed by atoms with Crippen molar-refractivity contribution in [2.75, 3.05) is 31.7 Å². The molecule has 0 atom stereocenters. The van der Waals surface area contributed by atoms with Gasteiger partial charge in [0, 0.05) is 30.8 Å². The maximum atomic E-state index is 13.0. The van der Waals surface area contributed by atoms with E-state index < -0.39 is 14.9 Å². The predicted molar refractivity (Wildman–Crippen MR) is 110 cm³/mol. The Morgan fingerprint density at radius 1 is 1.17 bits per heavy atom. The topological polar surface area (TPSA) is 114 Å². The SMILES string of the molecule is O=[N+]([O-])c1ccc(N/N=C/c2c(Cl)cccc2Cl)c(S(=O)(=O)N2CCOCC2)c1. The summed E-state index contributed by atoms with van der Waals surface area (Å²) >= 11 is 12.2. The normalized spacial score (nSPS) is 15.5. The number of sulfonamides is 1. The number of hydrazone groups is 1. The van der Waals surface area contributed by atoms with Crippen molar-refractivity contribution in [1.82, 2.24) is 4.31 Å². The Kier molecular flexibility index (Phi) is 6.70. The van der Waals surface area contributed by atoms with Crippen molar-refractivity contribution in [3.63, 3.8) is 0 Å². The number of benzene rings is 2. The highest BCUT2D eigenvalue weighted by molar-refractivity contribution is 7.89. The lowest BCUT2D eigenvalue weighted by molar-refractivity contribution is -0.385. The van der Waals surface area contributed by atoms with Crippen molar-refractivity contribution >= 4 is 50.8 Å². The van der Waals surface area contributed by atoms with Gasteiger partial charge in [0.15, 0.2) is 0 Å². The molecule has 0 aromatic heterocycles. The van der Waals surface area contributed by atoms with Gasteiger partial charge in [0.2, 0.25) is 10.0 Å². The van der Waals surface area contributed by atoms with Gasteiger partial charge in [-0.15, -0.1) is 0 Å². The van der Waals surface area contributed by atoms with Crippen LogP contribution in [0.15, 0.2) is 46.4 Å². The monoisotopic (exact) mass is 458 g/mol. The average Bonchev–Trinajstić information content (AvgIpc) is 2.70. The van der Waals surface area contributed by atoms with Gasteiger partial charge >= 0.3 is 0 Å². The summed E-state index contributed by atoms with van der Waals surface area (Å²) in [5, 5.41) is 15.9. The summed E-state index contributed by atoms with van der Waals surface area (Å²) in [5.41, 5.74) is 2.81. The molecule has 12 heteroatoms. The van der Waals surface area contributed by atoms with E-state index in [1.807, 2.05) is 0 Å². The molecule has 0 bridgehead atoms. The lowest BCUT2D eigenvalue weighted by Gasteiger charge is -2.26. The molecule has 154 valence electrons. The van der Waals surface area contributed by atoms with Crippen LogP contribution in [-0.4, -0.2) is 50.2 Å². The van der Waals surface area contributed by atoms with Crippen molar-refractivity contribution in [3.05, 3.63) is 62.1 Å². The van der Waals surface area contributed by atoms with Crippen LogP contribution < -0.4 is 5.43 Å². The summed E-state index contributed by atoms with van der Waals surface area (Å²) < 4.78 is 32.5. The van der Waals surface area contributed by atoms with Gasteiger partial charge in [-0.1, -0.05) is 29.3 Å². The highest BCUT2D eigenvalue weighted by Crippen LogP contribution is 2.30. The molecule has 1 aliphatic rings. The van der Waals surface area contributed by atoms with Gasteiger partial charge in [-0.05, 0) is 18.2 Å². The van der Waals surface area contributed by atoms with Gasteiger partial charge in [-0.3, -0.25) is 15.5 Å². The molecule has 9 nitrogen and oxygen atoms in total. The zero-order valence-electron chi connectivity index (χ0n) is 14.9. The summed E-state index contributed by atoms with van der Waals surface area (Å²) in [6, 6.07) is 8.43. The van der Waals surface area contributed by atoms with Gasteiger partial charge in [-0.2, -0.15) is 9.41 Å². The number of morpholine rings is 1. The Morgan fingerprint density at radius 3 is 2.45 bits per heavy atom. The fourth-order valence-electron chi connectivity index (χ4n) is 2.66. The number of nitro groups is 1. The predicted octanol–water partition coefficient (Wildman–Crippen LogP) is 3.37. The van der Waals surface area contributed by atoms with Gasteiger partial charge in [0.25, 0.3) is 5.69 Å². The van der Waals surface area contributed by atoms with Crippen LogP contribution in [0, 0.1) is 10.1 Å². The third-order valence-electron chi connectivity index (χ3n) is 4.14. The molecule has 0 spiro atoms. The van der Waals surface area contributed by atoms with Crippen molar-refractivity contribution in [1.29, 1.82) is 0 Å². The Bertz CT molecular complexity index is 1040. The van der Waals surface area contributed by atoms with Crippen LogP contribution in [0.4, 0.5) is 11.4 Å². The first-order chi connectivity index (χ1) is 13.8. The van der Waals surface area contributed by atoms with Gasteiger partial charge in [0.05, 0.1) is 40.1 Å². The molecule has 0 saturated carbocycles. The lowest BCUT2D eigenvalue weighted by Crippen LogP contribution is -2.40. The third kappa shape index (κ3) is 4.85. The lowest BCUT2D eigenvalue weighted by atomic mass is 10.2.